The molecule has 3 unspecified atom stereocenters. The van der Waals surface area contributed by atoms with E-state index in [9.17, 15) is 0 Å². The highest BCUT2D eigenvalue weighted by atomic mass is 79.9. The third-order valence-corrected chi connectivity index (χ3v) is 4.87. The van der Waals surface area contributed by atoms with Gasteiger partial charge < -0.3 is 5.32 Å². The predicted molar refractivity (Wildman–Crippen MR) is 86.2 cm³/mol. The summed E-state index contributed by atoms with van der Waals surface area (Å²) in [4.78, 5) is 0. The lowest BCUT2D eigenvalue weighted by atomic mass is 9.72. The molecule has 1 N–H and O–H groups in total. The first-order chi connectivity index (χ1) is 9.10. The van der Waals surface area contributed by atoms with Crippen molar-refractivity contribution in [3.8, 4) is 0 Å². The van der Waals surface area contributed by atoms with Gasteiger partial charge in [0.15, 0.2) is 0 Å². The second kappa shape index (κ2) is 6.90. The Kier molecular flexibility index (Phi) is 5.47. The Morgan fingerprint density at radius 1 is 1.11 bits per heavy atom. The van der Waals surface area contributed by atoms with Crippen LogP contribution in [0.4, 0.5) is 0 Å². The summed E-state index contributed by atoms with van der Waals surface area (Å²) in [6, 6.07) is 9.37. The van der Waals surface area contributed by atoms with Crippen LogP contribution < -0.4 is 5.32 Å². The Labute approximate surface area is 126 Å². The summed E-state index contributed by atoms with van der Waals surface area (Å²) in [5, 5.41) is 3.71. The van der Waals surface area contributed by atoms with Gasteiger partial charge in [-0.3, -0.25) is 0 Å². The van der Waals surface area contributed by atoms with Crippen molar-refractivity contribution in [2.45, 2.75) is 46.1 Å². The SMILES string of the molecule is CCNC(c1ccc(Br)cc1)C1CC(C)CC(C)C1. The zero-order valence-electron chi connectivity index (χ0n) is 12.3. The van der Waals surface area contributed by atoms with E-state index in [1.54, 1.807) is 0 Å². The first-order valence-corrected chi connectivity index (χ1v) is 8.38. The summed E-state index contributed by atoms with van der Waals surface area (Å²) in [5.74, 6) is 2.51. The quantitative estimate of drug-likeness (QED) is 0.805. The number of hydrogen-bond acceptors (Lipinski definition) is 1. The van der Waals surface area contributed by atoms with Crippen LogP contribution in [-0.2, 0) is 0 Å². The molecule has 3 atom stereocenters. The fraction of sp³-hybridized carbons (Fsp3) is 0.647. The smallest absolute Gasteiger partial charge is 0.0348 e. The van der Waals surface area contributed by atoms with Gasteiger partial charge in [-0.2, -0.15) is 0 Å². The molecule has 1 aromatic carbocycles. The molecule has 1 nitrogen and oxygen atoms in total. The van der Waals surface area contributed by atoms with E-state index in [2.05, 4.69) is 66.3 Å². The zero-order chi connectivity index (χ0) is 13.8. The molecule has 0 bridgehead atoms. The molecule has 1 aliphatic rings. The van der Waals surface area contributed by atoms with Crippen LogP contribution in [0.1, 0.15) is 51.6 Å². The minimum Gasteiger partial charge on any atom is -0.310 e. The van der Waals surface area contributed by atoms with Gasteiger partial charge in [0, 0.05) is 10.5 Å². The van der Waals surface area contributed by atoms with Crippen molar-refractivity contribution in [2.75, 3.05) is 6.54 Å². The Morgan fingerprint density at radius 3 is 2.21 bits per heavy atom. The standard InChI is InChI=1S/C17H26BrN/c1-4-19-17(14-5-7-16(18)8-6-14)15-10-12(2)9-13(3)11-15/h5-8,12-13,15,17,19H,4,9-11H2,1-3H3. The Balaban J connectivity index is 2.16. The van der Waals surface area contributed by atoms with Gasteiger partial charge in [-0.05, 0) is 61.3 Å². The molecule has 106 valence electrons. The third-order valence-electron chi connectivity index (χ3n) is 4.34. The molecule has 1 aromatic rings. The van der Waals surface area contributed by atoms with Gasteiger partial charge in [-0.15, -0.1) is 0 Å². The molecular weight excluding hydrogens is 298 g/mol. The van der Waals surface area contributed by atoms with Gasteiger partial charge in [-0.1, -0.05) is 48.8 Å². The molecule has 2 heteroatoms. The normalized spacial score (nSPS) is 29.2. The van der Waals surface area contributed by atoms with Crippen molar-refractivity contribution in [1.82, 2.24) is 5.32 Å². The van der Waals surface area contributed by atoms with Crippen LogP contribution in [0, 0.1) is 17.8 Å². The number of hydrogen-bond donors (Lipinski definition) is 1. The highest BCUT2D eigenvalue weighted by Gasteiger charge is 2.30. The second-order valence-electron chi connectivity index (χ2n) is 6.26. The van der Waals surface area contributed by atoms with Crippen molar-refractivity contribution >= 4 is 15.9 Å². The van der Waals surface area contributed by atoms with Crippen LogP contribution in [0.15, 0.2) is 28.7 Å². The van der Waals surface area contributed by atoms with E-state index in [4.69, 9.17) is 0 Å². The fourth-order valence-electron chi connectivity index (χ4n) is 3.73. The van der Waals surface area contributed by atoms with Gasteiger partial charge in [0.25, 0.3) is 0 Å². The van der Waals surface area contributed by atoms with Crippen LogP contribution in [0.25, 0.3) is 0 Å². The largest absolute Gasteiger partial charge is 0.310 e. The van der Waals surface area contributed by atoms with E-state index in [1.807, 2.05) is 0 Å². The van der Waals surface area contributed by atoms with Gasteiger partial charge >= 0.3 is 0 Å². The summed E-state index contributed by atoms with van der Waals surface area (Å²) in [6.07, 6.45) is 4.12. The topological polar surface area (TPSA) is 12.0 Å². The summed E-state index contributed by atoms with van der Waals surface area (Å²) in [7, 11) is 0. The molecule has 1 aliphatic carbocycles. The maximum absolute atomic E-state index is 3.71. The van der Waals surface area contributed by atoms with Gasteiger partial charge in [-0.25, -0.2) is 0 Å². The minimum atomic E-state index is 0.517. The number of halogens is 1. The van der Waals surface area contributed by atoms with Crippen LogP contribution in [-0.4, -0.2) is 6.54 Å². The fourth-order valence-corrected chi connectivity index (χ4v) is 3.99. The highest BCUT2D eigenvalue weighted by molar-refractivity contribution is 9.10. The summed E-state index contributed by atoms with van der Waals surface area (Å²) in [5.41, 5.74) is 1.44. The highest BCUT2D eigenvalue weighted by Crippen LogP contribution is 2.39. The molecule has 0 amide bonds. The zero-order valence-corrected chi connectivity index (χ0v) is 13.9. The maximum Gasteiger partial charge on any atom is 0.0348 e. The Morgan fingerprint density at radius 2 is 1.68 bits per heavy atom. The van der Waals surface area contributed by atoms with E-state index in [1.165, 1.54) is 24.8 Å². The summed E-state index contributed by atoms with van der Waals surface area (Å²) < 4.78 is 1.16. The summed E-state index contributed by atoms with van der Waals surface area (Å²) in [6.45, 7) is 8.07. The molecule has 19 heavy (non-hydrogen) atoms. The van der Waals surface area contributed by atoms with Crippen molar-refractivity contribution in [2.24, 2.45) is 17.8 Å². The van der Waals surface area contributed by atoms with E-state index in [0.29, 0.717) is 6.04 Å². The molecule has 0 spiro atoms. The third kappa shape index (κ3) is 4.06. The van der Waals surface area contributed by atoms with Crippen LogP contribution in [0.2, 0.25) is 0 Å². The average Bonchev–Trinajstić information content (AvgIpc) is 2.36. The van der Waals surface area contributed by atoms with Crippen molar-refractivity contribution in [3.63, 3.8) is 0 Å². The lowest BCUT2D eigenvalue weighted by Crippen LogP contribution is -2.33. The molecule has 0 aliphatic heterocycles. The van der Waals surface area contributed by atoms with Crippen molar-refractivity contribution < 1.29 is 0 Å². The molecule has 0 saturated heterocycles. The monoisotopic (exact) mass is 323 g/mol. The van der Waals surface area contributed by atoms with Crippen molar-refractivity contribution in [3.05, 3.63) is 34.3 Å². The first-order valence-electron chi connectivity index (χ1n) is 7.59. The molecule has 1 saturated carbocycles. The molecule has 1 fully saturated rings. The van der Waals surface area contributed by atoms with E-state index >= 15 is 0 Å². The van der Waals surface area contributed by atoms with Crippen LogP contribution in [0.3, 0.4) is 0 Å². The van der Waals surface area contributed by atoms with E-state index < -0.39 is 0 Å². The van der Waals surface area contributed by atoms with E-state index in [0.717, 1.165) is 28.8 Å². The molecule has 2 rings (SSSR count). The predicted octanol–water partition coefficient (Wildman–Crippen LogP) is 5.17. The van der Waals surface area contributed by atoms with Gasteiger partial charge in [0.1, 0.15) is 0 Å². The Bertz CT molecular complexity index is 377. The molecular formula is C17H26BrN. The second-order valence-corrected chi connectivity index (χ2v) is 7.18. The first kappa shape index (κ1) is 15.1. The number of rotatable bonds is 4. The lowest BCUT2D eigenvalue weighted by Gasteiger charge is -2.37. The lowest BCUT2D eigenvalue weighted by molar-refractivity contribution is 0.177. The van der Waals surface area contributed by atoms with Crippen LogP contribution in [0.5, 0.6) is 0 Å². The van der Waals surface area contributed by atoms with Crippen LogP contribution >= 0.6 is 15.9 Å². The Hall–Kier alpha value is -0.340. The van der Waals surface area contributed by atoms with Gasteiger partial charge in [0.2, 0.25) is 0 Å². The minimum absolute atomic E-state index is 0.517. The summed E-state index contributed by atoms with van der Waals surface area (Å²) >= 11 is 3.53. The van der Waals surface area contributed by atoms with E-state index in [-0.39, 0.29) is 0 Å². The molecule has 0 radical (unpaired) electrons. The van der Waals surface area contributed by atoms with Crippen molar-refractivity contribution in [1.29, 1.82) is 0 Å². The van der Waals surface area contributed by atoms with Gasteiger partial charge in [0.05, 0.1) is 0 Å². The average molecular weight is 324 g/mol. The molecule has 0 aromatic heterocycles. The number of nitrogens with one attached hydrogen (secondary N) is 1. The molecule has 0 heterocycles. The number of benzene rings is 1. The maximum atomic E-state index is 3.71.